The first-order valence-corrected chi connectivity index (χ1v) is 8.48. The number of phenols is 1. The van der Waals surface area contributed by atoms with Gasteiger partial charge in [-0.25, -0.2) is 4.79 Å². The Morgan fingerprint density at radius 1 is 1.04 bits per heavy atom. The molecule has 6 heteroatoms. The lowest BCUT2D eigenvalue weighted by Crippen LogP contribution is -2.42. The van der Waals surface area contributed by atoms with Crippen molar-refractivity contribution in [2.75, 3.05) is 0 Å². The van der Waals surface area contributed by atoms with Gasteiger partial charge in [-0.2, -0.15) is 0 Å². The molecule has 0 radical (unpaired) electrons. The van der Waals surface area contributed by atoms with Gasteiger partial charge in [0.15, 0.2) is 0 Å². The van der Waals surface area contributed by atoms with Gasteiger partial charge in [0.2, 0.25) is 0 Å². The van der Waals surface area contributed by atoms with Crippen molar-refractivity contribution in [2.24, 2.45) is 7.05 Å². The first kappa shape index (κ1) is 18.3. The Hall–Kier alpha value is -3.54. The number of phenolic OH excluding ortho intramolecular Hbond substituents is 1. The van der Waals surface area contributed by atoms with Crippen LogP contribution in [0.1, 0.15) is 15.9 Å². The molecular weight excluding hydrogens is 344 g/mol. The van der Waals surface area contributed by atoms with Crippen LogP contribution >= 0.6 is 0 Å². The third kappa shape index (κ3) is 4.17. The molecule has 0 unspecified atom stereocenters. The molecule has 1 heterocycles. The molecule has 3 aromatic rings. The second-order valence-electron chi connectivity index (χ2n) is 6.29. The largest absolute Gasteiger partial charge is 0.508 e. The number of aliphatic carboxylic acids is 1. The van der Waals surface area contributed by atoms with Crippen molar-refractivity contribution in [1.29, 1.82) is 0 Å². The van der Waals surface area contributed by atoms with Gasteiger partial charge in [0, 0.05) is 19.7 Å². The lowest BCUT2D eigenvalue weighted by Gasteiger charge is -2.15. The van der Waals surface area contributed by atoms with Gasteiger partial charge < -0.3 is 20.1 Å². The first-order chi connectivity index (χ1) is 13.0. The van der Waals surface area contributed by atoms with Crippen LogP contribution in [0, 0.1) is 0 Å². The van der Waals surface area contributed by atoms with Crippen LogP contribution in [0.2, 0.25) is 0 Å². The van der Waals surface area contributed by atoms with Gasteiger partial charge in [0.25, 0.3) is 5.91 Å². The average molecular weight is 364 g/mol. The molecule has 3 rings (SSSR count). The Kier molecular flexibility index (Phi) is 5.26. The summed E-state index contributed by atoms with van der Waals surface area (Å²) in [7, 11) is 1.84. The van der Waals surface area contributed by atoms with Gasteiger partial charge in [-0.3, -0.25) is 4.79 Å². The summed E-state index contributed by atoms with van der Waals surface area (Å²) in [5.74, 6) is -1.46. The molecule has 1 amide bonds. The lowest BCUT2D eigenvalue weighted by molar-refractivity contribution is -0.139. The Bertz CT molecular complexity index is 946. The number of amides is 1. The fraction of sp³-hybridized carbons (Fsp3) is 0.143. The van der Waals surface area contributed by atoms with E-state index in [9.17, 15) is 19.8 Å². The lowest BCUT2D eigenvalue weighted by atomic mass is 10.0. The van der Waals surface area contributed by atoms with Gasteiger partial charge in [-0.15, -0.1) is 0 Å². The van der Waals surface area contributed by atoms with Gasteiger partial charge in [0.05, 0.1) is 11.3 Å². The zero-order valence-corrected chi connectivity index (χ0v) is 14.8. The molecule has 0 saturated heterocycles. The number of carboxylic acids is 1. The maximum absolute atomic E-state index is 12.8. The molecule has 138 valence electrons. The summed E-state index contributed by atoms with van der Waals surface area (Å²) in [5.41, 5.74) is 2.72. The SMILES string of the molecule is Cn1ccc(C(=O)N[C@@H](Cc2ccc(O)cc2)C(=O)O)c1-c1ccccc1. The van der Waals surface area contributed by atoms with Crippen LogP contribution in [0.25, 0.3) is 11.3 Å². The van der Waals surface area contributed by atoms with E-state index < -0.39 is 17.9 Å². The molecule has 0 spiro atoms. The normalized spacial score (nSPS) is 11.7. The van der Waals surface area contributed by atoms with Gasteiger partial charge >= 0.3 is 5.97 Å². The van der Waals surface area contributed by atoms with E-state index in [1.165, 1.54) is 12.1 Å². The van der Waals surface area contributed by atoms with Crippen LogP contribution in [0.5, 0.6) is 5.75 Å². The fourth-order valence-electron chi connectivity index (χ4n) is 2.97. The predicted molar refractivity (Wildman–Crippen MR) is 102 cm³/mol. The fourth-order valence-corrected chi connectivity index (χ4v) is 2.97. The molecule has 6 nitrogen and oxygen atoms in total. The molecule has 0 aliphatic rings. The Morgan fingerprint density at radius 3 is 2.33 bits per heavy atom. The number of carbonyl (C=O) groups is 2. The highest BCUT2D eigenvalue weighted by atomic mass is 16.4. The second-order valence-corrected chi connectivity index (χ2v) is 6.29. The zero-order valence-electron chi connectivity index (χ0n) is 14.8. The average Bonchev–Trinajstić information content (AvgIpc) is 3.05. The van der Waals surface area contributed by atoms with E-state index in [0.29, 0.717) is 11.1 Å². The molecule has 0 aliphatic carbocycles. The number of nitrogens with one attached hydrogen (secondary N) is 1. The highest BCUT2D eigenvalue weighted by Crippen LogP contribution is 2.24. The number of aromatic nitrogens is 1. The van der Waals surface area contributed by atoms with E-state index in [1.54, 1.807) is 24.4 Å². The van der Waals surface area contributed by atoms with Crippen LogP contribution in [0.15, 0.2) is 66.9 Å². The van der Waals surface area contributed by atoms with Crippen molar-refractivity contribution < 1.29 is 19.8 Å². The molecule has 1 atom stereocenters. The van der Waals surface area contributed by atoms with E-state index in [0.717, 1.165) is 11.3 Å². The van der Waals surface area contributed by atoms with Crippen molar-refractivity contribution in [3.8, 4) is 17.0 Å². The molecule has 0 aliphatic heterocycles. The van der Waals surface area contributed by atoms with Crippen LogP contribution < -0.4 is 5.32 Å². The maximum Gasteiger partial charge on any atom is 0.326 e. The zero-order chi connectivity index (χ0) is 19.4. The van der Waals surface area contributed by atoms with Crippen LogP contribution in [-0.2, 0) is 18.3 Å². The summed E-state index contributed by atoms with van der Waals surface area (Å²) in [4.78, 5) is 24.4. The monoisotopic (exact) mass is 364 g/mol. The molecular formula is C21H20N2O4. The highest BCUT2D eigenvalue weighted by molar-refractivity contribution is 6.02. The Morgan fingerprint density at radius 2 is 1.70 bits per heavy atom. The minimum absolute atomic E-state index is 0.103. The number of carboxylic acid groups (broad SMARTS) is 1. The molecule has 0 fully saturated rings. The van der Waals surface area contributed by atoms with E-state index in [1.807, 2.05) is 41.9 Å². The van der Waals surface area contributed by atoms with Gasteiger partial charge in [-0.1, -0.05) is 42.5 Å². The summed E-state index contributed by atoms with van der Waals surface area (Å²) in [6.07, 6.45) is 1.89. The van der Waals surface area contributed by atoms with Crippen LogP contribution in [0.3, 0.4) is 0 Å². The number of nitrogens with zero attached hydrogens (tertiary/aromatic N) is 1. The minimum atomic E-state index is -1.12. The van der Waals surface area contributed by atoms with E-state index in [-0.39, 0.29) is 12.2 Å². The number of hydrogen-bond donors (Lipinski definition) is 3. The van der Waals surface area contributed by atoms with Crippen molar-refractivity contribution in [1.82, 2.24) is 9.88 Å². The molecule has 1 aromatic heterocycles. The predicted octanol–water partition coefficient (Wildman–Crippen LogP) is 2.82. The highest BCUT2D eigenvalue weighted by Gasteiger charge is 2.24. The Labute approximate surface area is 156 Å². The molecule has 27 heavy (non-hydrogen) atoms. The molecule has 3 N–H and O–H groups in total. The number of benzene rings is 2. The number of aryl methyl sites for hydroxylation is 1. The summed E-state index contributed by atoms with van der Waals surface area (Å²) < 4.78 is 1.83. The molecule has 0 bridgehead atoms. The quantitative estimate of drug-likeness (QED) is 0.627. The number of hydrogen-bond acceptors (Lipinski definition) is 3. The van der Waals surface area contributed by atoms with E-state index >= 15 is 0 Å². The third-order valence-electron chi connectivity index (χ3n) is 4.34. The first-order valence-electron chi connectivity index (χ1n) is 8.48. The van der Waals surface area contributed by atoms with E-state index in [2.05, 4.69) is 5.32 Å². The smallest absolute Gasteiger partial charge is 0.326 e. The van der Waals surface area contributed by atoms with Crippen LogP contribution in [0.4, 0.5) is 0 Å². The maximum atomic E-state index is 12.8. The van der Waals surface area contributed by atoms with Crippen molar-refractivity contribution in [3.05, 3.63) is 78.0 Å². The van der Waals surface area contributed by atoms with Gasteiger partial charge in [0.1, 0.15) is 11.8 Å². The summed E-state index contributed by atoms with van der Waals surface area (Å²) in [6.45, 7) is 0. The summed E-state index contributed by atoms with van der Waals surface area (Å²) in [6, 6.07) is 16.3. The van der Waals surface area contributed by atoms with E-state index in [4.69, 9.17) is 0 Å². The second kappa shape index (κ2) is 7.78. The van der Waals surface area contributed by atoms with Crippen LogP contribution in [-0.4, -0.2) is 32.7 Å². The summed E-state index contributed by atoms with van der Waals surface area (Å²) >= 11 is 0. The number of carbonyl (C=O) groups excluding carboxylic acids is 1. The standard InChI is InChI=1S/C21H20N2O4/c1-23-12-11-17(19(23)15-5-3-2-4-6-15)20(25)22-18(21(26)27)13-14-7-9-16(24)10-8-14/h2-12,18,24H,13H2,1H3,(H,22,25)(H,26,27)/t18-/m0/s1. The van der Waals surface area contributed by atoms with Crippen molar-refractivity contribution >= 4 is 11.9 Å². The minimum Gasteiger partial charge on any atom is -0.508 e. The summed E-state index contributed by atoms with van der Waals surface area (Å²) in [5, 5.41) is 21.5. The number of rotatable bonds is 6. The molecule has 2 aromatic carbocycles. The third-order valence-corrected chi connectivity index (χ3v) is 4.34. The van der Waals surface area contributed by atoms with Gasteiger partial charge in [-0.05, 0) is 29.3 Å². The Balaban J connectivity index is 1.83. The van der Waals surface area contributed by atoms with Crippen molar-refractivity contribution in [2.45, 2.75) is 12.5 Å². The topological polar surface area (TPSA) is 91.6 Å². The molecule has 0 saturated carbocycles. The van der Waals surface area contributed by atoms with Crippen molar-refractivity contribution in [3.63, 3.8) is 0 Å². The number of aromatic hydroxyl groups is 1.